The number of aliphatic carboxylic acids is 1. The Bertz CT molecular complexity index is 561. The summed E-state index contributed by atoms with van der Waals surface area (Å²) >= 11 is 0. The van der Waals surface area contributed by atoms with Crippen LogP contribution in [0.3, 0.4) is 0 Å². The van der Waals surface area contributed by atoms with Gasteiger partial charge in [-0.2, -0.15) is 13.2 Å². The smallest absolute Gasteiger partial charge is 0.428 e. The molecule has 0 heterocycles. The van der Waals surface area contributed by atoms with E-state index >= 15 is 0 Å². The Morgan fingerprint density at radius 3 is 2.52 bits per heavy atom. The van der Waals surface area contributed by atoms with E-state index in [-0.39, 0.29) is 30.1 Å². The van der Waals surface area contributed by atoms with Crippen molar-refractivity contribution in [3.63, 3.8) is 0 Å². The monoisotopic (exact) mass is 422 g/mol. The number of carboxylic acids is 1. The molecular weight excluding hydrogens is 389 g/mol. The lowest BCUT2D eigenvalue weighted by atomic mass is 9.88. The molecule has 168 valence electrons. The van der Waals surface area contributed by atoms with Crippen molar-refractivity contribution >= 4 is 11.8 Å². The number of alkyl halides is 3. The van der Waals surface area contributed by atoms with Gasteiger partial charge in [-0.1, -0.05) is 44.8 Å². The maximum atomic E-state index is 12.8. The average Bonchev–Trinajstić information content (AvgIpc) is 2.98. The molecule has 2 unspecified atom stereocenters. The summed E-state index contributed by atoms with van der Waals surface area (Å²) in [6, 6.07) is 0. The van der Waals surface area contributed by atoms with E-state index in [0.717, 1.165) is 25.7 Å². The number of carboxylic acid groups (broad SMARTS) is 1. The zero-order chi connectivity index (χ0) is 22.1. The van der Waals surface area contributed by atoms with Gasteiger partial charge in [-0.15, -0.1) is 0 Å². The normalized spacial score (nSPS) is 23.4. The Morgan fingerprint density at radius 2 is 1.93 bits per heavy atom. The van der Waals surface area contributed by atoms with Crippen molar-refractivity contribution in [2.24, 2.45) is 11.8 Å². The Morgan fingerprint density at radius 1 is 1.24 bits per heavy atom. The zero-order valence-electron chi connectivity index (χ0n) is 17.0. The molecule has 0 amide bonds. The highest BCUT2D eigenvalue weighted by Crippen LogP contribution is 2.36. The van der Waals surface area contributed by atoms with Gasteiger partial charge in [-0.05, 0) is 44.4 Å². The number of hydrogen-bond acceptors (Lipinski definition) is 4. The van der Waals surface area contributed by atoms with Crippen molar-refractivity contribution in [3.05, 3.63) is 12.2 Å². The second-order valence-electron chi connectivity index (χ2n) is 8.00. The molecule has 0 radical (unpaired) electrons. The van der Waals surface area contributed by atoms with Crippen molar-refractivity contribution < 1.29 is 38.1 Å². The highest BCUT2D eigenvalue weighted by molar-refractivity contribution is 5.83. The van der Waals surface area contributed by atoms with Crippen LogP contribution in [0.15, 0.2) is 12.2 Å². The zero-order valence-corrected chi connectivity index (χ0v) is 17.0. The van der Waals surface area contributed by atoms with Crippen molar-refractivity contribution in [3.8, 4) is 0 Å². The van der Waals surface area contributed by atoms with Crippen molar-refractivity contribution in [1.29, 1.82) is 0 Å². The average molecular weight is 422 g/mol. The molecule has 0 spiro atoms. The molecule has 0 aliphatic heterocycles. The maximum Gasteiger partial charge on any atom is 0.428 e. The molecule has 1 aliphatic rings. The number of carbonyl (C=O) groups excluding carboxylic acids is 1. The SMILES string of the molecule is CCCCC(O)CC=C[C@H]1CCC(=O)[C@@H]1CCCCCC(O)(C(=O)O)C(F)(F)F. The van der Waals surface area contributed by atoms with Crippen molar-refractivity contribution in [2.75, 3.05) is 0 Å². The summed E-state index contributed by atoms with van der Waals surface area (Å²) in [7, 11) is 0. The largest absolute Gasteiger partial charge is 0.479 e. The Balaban J connectivity index is 2.43. The third-order valence-corrected chi connectivity index (χ3v) is 5.71. The summed E-state index contributed by atoms with van der Waals surface area (Å²) in [5, 5.41) is 28.0. The van der Waals surface area contributed by atoms with E-state index in [1.165, 1.54) is 0 Å². The lowest BCUT2D eigenvalue weighted by molar-refractivity contribution is -0.262. The van der Waals surface area contributed by atoms with E-state index in [0.29, 0.717) is 32.1 Å². The lowest BCUT2D eigenvalue weighted by Crippen LogP contribution is -2.52. The van der Waals surface area contributed by atoms with Gasteiger partial charge in [-0.25, -0.2) is 4.79 Å². The van der Waals surface area contributed by atoms with Gasteiger partial charge in [0, 0.05) is 12.3 Å². The number of carbonyl (C=O) groups is 2. The van der Waals surface area contributed by atoms with Gasteiger partial charge in [0.25, 0.3) is 5.60 Å². The molecule has 1 aliphatic carbocycles. The van der Waals surface area contributed by atoms with Crippen molar-refractivity contribution in [1.82, 2.24) is 0 Å². The predicted molar refractivity (Wildman–Crippen MR) is 102 cm³/mol. The minimum absolute atomic E-state index is 0.0759. The molecule has 0 aromatic heterocycles. The van der Waals surface area contributed by atoms with E-state index in [9.17, 15) is 33.0 Å². The van der Waals surface area contributed by atoms with Gasteiger partial charge in [0.05, 0.1) is 6.10 Å². The standard InChI is InChI=1S/C21H33F3O5/c1-2-3-9-16(25)10-7-8-15-12-13-18(26)17(15)11-5-4-6-14-20(29,19(27)28)21(22,23)24/h7-8,15-17,25,29H,2-6,9-14H2,1H3,(H,27,28)/t15-,16?,17+,20?/m0/s1. The summed E-state index contributed by atoms with van der Waals surface area (Å²) in [6.45, 7) is 2.06. The molecule has 8 heteroatoms. The molecule has 1 fully saturated rings. The molecule has 29 heavy (non-hydrogen) atoms. The molecule has 5 nitrogen and oxygen atoms in total. The van der Waals surface area contributed by atoms with E-state index in [1.807, 2.05) is 12.2 Å². The molecule has 4 atom stereocenters. The minimum Gasteiger partial charge on any atom is -0.479 e. The van der Waals surface area contributed by atoms with Crippen LogP contribution in [-0.2, 0) is 9.59 Å². The Labute approximate surface area is 170 Å². The highest BCUT2D eigenvalue weighted by atomic mass is 19.4. The lowest BCUT2D eigenvalue weighted by Gasteiger charge is -2.26. The molecule has 0 aromatic rings. The second-order valence-corrected chi connectivity index (χ2v) is 8.00. The van der Waals surface area contributed by atoms with Crippen LogP contribution in [0, 0.1) is 11.8 Å². The summed E-state index contributed by atoms with van der Waals surface area (Å²) < 4.78 is 38.3. The van der Waals surface area contributed by atoms with E-state index < -0.39 is 24.2 Å². The number of ketones is 1. The third-order valence-electron chi connectivity index (χ3n) is 5.71. The van der Waals surface area contributed by atoms with Gasteiger partial charge in [0.1, 0.15) is 5.78 Å². The number of halogens is 3. The van der Waals surface area contributed by atoms with Crippen LogP contribution in [0.1, 0.15) is 77.6 Å². The van der Waals surface area contributed by atoms with E-state index in [2.05, 4.69) is 6.92 Å². The molecule has 0 aromatic carbocycles. The van der Waals surface area contributed by atoms with Crippen LogP contribution < -0.4 is 0 Å². The first kappa shape index (κ1) is 25.6. The molecular formula is C21H33F3O5. The van der Waals surface area contributed by atoms with Gasteiger partial charge >= 0.3 is 12.1 Å². The summed E-state index contributed by atoms with van der Waals surface area (Å²) in [5.74, 6) is -2.25. The first-order chi connectivity index (χ1) is 13.5. The quantitative estimate of drug-likeness (QED) is 0.302. The maximum absolute atomic E-state index is 12.8. The van der Waals surface area contributed by atoms with E-state index in [4.69, 9.17) is 5.11 Å². The van der Waals surface area contributed by atoms with Crippen LogP contribution in [0.25, 0.3) is 0 Å². The summed E-state index contributed by atoms with van der Waals surface area (Å²) in [5.41, 5.74) is -3.72. The topological polar surface area (TPSA) is 94.8 Å². The highest BCUT2D eigenvalue weighted by Gasteiger charge is 2.59. The number of hydrogen-bond donors (Lipinski definition) is 3. The predicted octanol–water partition coefficient (Wildman–Crippen LogP) is 4.41. The number of rotatable bonds is 13. The number of aliphatic hydroxyl groups is 2. The van der Waals surface area contributed by atoms with Crippen LogP contribution in [0.5, 0.6) is 0 Å². The van der Waals surface area contributed by atoms with Crippen LogP contribution >= 0.6 is 0 Å². The second kappa shape index (κ2) is 11.7. The fraction of sp³-hybridized carbons (Fsp3) is 0.810. The van der Waals surface area contributed by atoms with Crippen LogP contribution in [0.4, 0.5) is 13.2 Å². The van der Waals surface area contributed by atoms with Gasteiger partial charge in [-0.3, -0.25) is 4.79 Å². The van der Waals surface area contributed by atoms with Crippen LogP contribution in [0.2, 0.25) is 0 Å². The third kappa shape index (κ3) is 7.74. The van der Waals surface area contributed by atoms with Gasteiger partial charge in [0.2, 0.25) is 0 Å². The summed E-state index contributed by atoms with van der Waals surface area (Å²) in [6.07, 6.45) is 3.10. The first-order valence-electron chi connectivity index (χ1n) is 10.4. The fourth-order valence-electron chi connectivity index (χ4n) is 3.80. The molecule has 3 N–H and O–H groups in total. The number of allylic oxidation sites excluding steroid dienone is 1. The molecule has 0 saturated heterocycles. The number of Topliss-reactive ketones (excluding diaryl/α,β-unsaturated/α-hetero) is 1. The molecule has 1 saturated carbocycles. The Hall–Kier alpha value is -1.41. The first-order valence-corrected chi connectivity index (χ1v) is 10.4. The van der Waals surface area contributed by atoms with Gasteiger partial charge in [0.15, 0.2) is 0 Å². The fourth-order valence-corrected chi connectivity index (χ4v) is 3.80. The van der Waals surface area contributed by atoms with Gasteiger partial charge < -0.3 is 15.3 Å². The summed E-state index contributed by atoms with van der Waals surface area (Å²) in [4.78, 5) is 22.9. The molecule has 1 rings (SSSR count). The number of unbranched alkanes of at least 4 members (excludes halogenated alkanes) is 3. The van der Waals surface area contributed by atoms with Crippen molar-refractivity contribution in [2.45, 2.75) is 95.4 Å². The van der Waals surface area contributed by atoms with E-state index in [1.54, 1.807) is 0 Å². The minimum atomic E-state index is -5.22. The number of aliphatic hydroxyl groups excluding tert-OH is 1. The molecule has 0 bridgehead atoms. The Kier molecular flexibility index (Phi) is 10.3. The van der Waals surface area contributed by atoms with Crippen LogP contribution in [-0.4, -0.2) is 45.0 Å².